The maximum Gasteiger partial charge on any atom is 0.289 e. The van der Waals surface area contributed by atoms with Gasteiger partial charge in [-0.05, 0) is 60.2 Å². The number of carbonyl (C=O) groups excluding carboxylic acids is 1. The van der Waals surface area contributed by atoms with Gasteiger partial charge in [-0.3, -0.25) is 9.89 Å². The summed E-state index contributed by atoms with van der Waals surface area (Å²) in [5.41, 5.74) is 5.87. The van der Waals surface area contributed by atoms with E-state index in [-0.39, 0.29) is 5.69 Å². The largest absolute Gasteiger partial charge is 0.493 e. The Bertz CT molecular complexity index is 1340. The summed E-state index contributed by atoms with van der Waals surface area (Å²) >= 11 is 6.17. The number of rotatable bonds is 9. The summed E-state index contributed by atoms with van der Waals surface area (Å²) in [5, 5.41) is 11.6. The fourth-order valence-electron chi connectivity index (χ4n) is 3.24. The highest BCUT2D eigenvalue weighted by Crippen LogP contribution is 2.27. The van der Waals surface area contributed by atoms with Crippen molar-refractivity contribution in [2.75, 3.05) is 14.2 Å². The van der Waals surface area contributed by atoms with E-state index in [1.807, 2.05) is 48.5 Å². The first-order valence-electron chi connectivity index (χ1n) is 10.6. The van der Waals surface area contributed by atoms with Crippen LogP contribution in [0.1, 0.15) is 21.6 Å². The van der Waals surface area contributed by atoms with Crippen LogP contribution in [-0.2, 0) is 6.61 Å². The zero-order valence-corrected chi connectivity index (χ0v) is 19.9. The van der Waals surface area contributed by atoms with Gasteiger partial charge >= 0.3 is 0 Å². The summed E-state index contributed by atoms with van der Waals surface area (Å²) < 4.78 is 16.3. The summed E-state index contributed by atoms with van der Waals surface area (Å²) in [6.45, 7) is 0.371. The number of nitrogens with zero attached hydrogens (tertiary/aromatic N) is 2. The molecule has 0 aliphatic heterocycles. The summed E-state index contributed by atoms with van der Waals surface area (Å²) in [6, 6.07) is 21.9. The van der Waals surface area contributed by atoms with Crippen molar-refractivity contribution >= 4 is 23.7 Å². The minimum atomic E-state index is -0.417. The fraction of sp³-hybridized carbons (Fsp3) is 0.115. The molecule has 4 rings (SSSR count). The molecule has 9 heteroatoms. The second kappa shape index (κ2) is 11.2. The van der Waals surface area contributed by atoms with E-state index in [1.165, 1.54) is 6.21 Å². The summed E-state index contributed by atoms with van der Waals surface area (Å²) in [5.74, 6) is 1.46. The highest BCUT2D eigenvalue weighted by molar-refractivity contribution is 6.31. The second-order valence-corrected chi connectivity index (χ2v) is 7.79. The number of hydrogen-bond acceptors (Lipinski definition) is 6. The molecule has 0 radical (unpaired) electrons. The lowest BCUT2D eigenvalue weighted by Crippen LogP contribution is -2.18. The van der Waals surface area contributed by atoms with Crippen LogP contribution in [0.5, 0.6) is 17.2 Å². The zero-order valence-electron chi connectivity index (χ0n) is 19.1. The van der Waals surface area contributed by atoms with E-state index in [2.05, 4.69) is 20.7 Å². The molecule has 8 nitrogen and oxygen atoms in total. The van der Waals surface area contributed by atoms with Crippen LogP contribution >= 0.6 is 11.6 Å². The molecule has 0 aliphatic carbocycles. The van der Waals surface area contributed by atoms with Crippen molar-refractivity contribution < 1.29 is 19.0 Å². The Morgan fingerprint density at radius 2 is 1.80 bits per heavy atom. The number of halogens is 1. The SMILES string of the molecule is COc1ccc(/C=N\NC(=O)c2cc(-c3ccc(OCc4ccccc4Cl)cc3)n[nH]2)cc1OC. The van der Waals surface area contributed by atoms with Gasteiger partial charge in [-0.25, -0.2) is 5.43 Å². The first-order valence-corrected chi connectivity index (χ1v) is 11.0. The Balaban J connectivity index is 1.34. The van der Waals surface area contributed by atoms with Gasteiger partial charge in [0, 0.05) is 16.1 Å². The van der Waals surface area contributed by atoms with Crippen LogP contribution in [0.25, 0.3) is 11.3 Å². The first-order chi connectivity index (χ1) is 17.1. The molecule has 178 valence electrons. The van der Waals surface area contributed by atoms with Crippen LogP contribution in [0.3, 0.4) is 0 Å². The normalized spacial score (nSPS) is 10.8. The lowest BCUT2D eigenvalue weighted by atomic mass is 10.1. The molecule has 0 bridgehead atoms. The lowest BCUT2D eigenvalue weighted by Gasteiger charge is -2.08. The Kier molecular flexibility index (Phi) is 7.64. The number of H-pyrrole nitrogens is 1. The summed E-state index contributed by atoms with van der Waals surface area (Å²) in [6.07, 6.45) is 1.51. The molecule has 0 atom stereocenters. The Labute approximate surface area is 207 Å². The van der Waals surface area contributed by atoms with Gasteiger partial charge in [0.2, 0.25) is 0 Å². The van der Waals surface area contributed by atoms with Crippen molar-refractivity contribution in [3.8, 4) is 28.5 Å². The van der Waals surface area contributed by atoms with Crippen molar-refractivity contribution in [2.24, 2.45) is 5.10 Å². The first kappa shape index (κ1) is 23.8. The van der Waals surface area contributed by atoms with Crippen molar-refractivity contribution in [1.29, 1.82) is 0 Å². The van der Waals surface area contributed by atoms with E-state index in [4.69, 9.17) is 25.8 Å². The number of aromatic nitrogens is 2. The van der Waals surface area contributed by atoms with E-state index < -0.39 is 5.91 Å². The van der Waals surface area contributed by atoms with Crippen molar-refractivity contribution in [1.82, 2.24) is 15.6 Å². The van der Waals surface area contributed by atoms with E-state index in [9.17, 15) is 4.79 Å². The van der Waals surface area contributed by atoms with Crippen molar-refractivity contribution in [2.45, 2.75) is 6.61 Å². The van der Waals surface area contributed by atoms with Crippen LogP contribution in [0.15, 0.2) is 77.9 Å². The van der Waals surface area contributed by atoms with Gasteiger partial charge in [0.05, 0.1) is 26.1 Å². The molecular formula is C26H23ClN4O4. The van der Waals surface area contributed by atoms with E-state index in [1.54, 1.807) is 38.5 Å². The highest BCUT2D eigenvalue weighted by atomic mass is 35.5. The van der Waals surface area contributed by atoms with Crippen LogP contribution in [-0.4, -0.2) is 36.5 Å². The number of hydrazone groups is 1. The van der Waals surface area contributed by atoms with Crippen LogP contribution in [0, 0.1) is 0 Å². The lowest BCUT2D eigenvalue weighted by molar-refractivity contribution is 0.0950. The van der Waals surface area contributed by atoms with Gasteiger partial charge in [0.25, 0.3) is 5.91 Å². The smallest absolute Gasteiger partial charge is 0.289 e. The fourth-order valence-corrected chi connectivity index (χ4v) is 3.43. The van der Waals surface area contributed by atoms with Gasteiger partial charge in [-0.1, -0.05) is 29.8 Å². The van der Waals surface area contributed by atoms with Gasteiger partial charge in [-0.15, -0.1) is 0 Å². The maximum atomic E-state index is 12.4. The molecular weight excluding hydrogens is 468 g/mol. The molecule has 1 amide bonds. The number of methoxy groups -OCH3 is 2. The molecule has 2 N–H and O–H groups in total. The predicted octanol–water partition coefficient (Wildman–Crippen LogP) is 5.09. The predicted molar refractivity (Wildman–Crippen MR) is 134 cm³/mol. The number of benzene rings is 3. The average molecular weight is 491 g/mol. The number of amides is 1. The Morgan fingerprint density at radius 1 is 1.03 bits per heavy atom. The molecule has 35 heavy (non-hydrogen) atoms. The summed E-state index contributed by atoms with van der Waals surface area (Å²) in [7, 11) is 3.12. The topological polar surface area (TPSA) is 97.8 Å². The maximum absolute atomic E-state index is 12.4. The molecule has 0 saturated heterocycles. The minimum Gasteiger partial charge on any atom is -0.493 e. The zero-order chi connectivity index (χ0) is 24.6. The number of carbonyl (C=O) groups is 1. The van der Waals surface area contributed by atoms with Crippen molar-refractivity contribution in [3.63, 3.8) is 0 Å². The number of nitrogens with one attached hydrogen (secondary N) is 2. The minimum absolute atomic E-state index is 0.281. The standard InChI is InChI=1S/C26H23ClN4O4/c1-33-24-12-7-17(13-25(24)34-2)15-28-31-26(32)23-14-22(29-30-23)18-8-10-20(11-9-18)35-16-19-5-3-4-6-21(19)27/h3-15H,16H2,1-2H3,(H,29,30)(H,31,32)/b28-15-. The van der Waals surface area contributed by atoms with Gasteiger partial charge < -0.3 is 14.2 Å². The highest BCUT2D eigenvalue weighted by Gasteiger charge is 2.11. The van der Waals surface area contributed by atoms with Crippen LogP contribution in [0.2, 0.25) is 5.02 Å². The number of ether oxygens (including phenoxy) is 3. The monoisotopic (exact) mass is 490 g/mol. The third kappa shape index (κ3) is 5.99. The van der Waals surface area contributed by atoms with Gasteiger partial charge in [0.1, 0.15) is 18.1 Å². The summed E-state index contributed by atoms with van der Waals surface area (Å²) in [4.78, 5) is 12.4. The Hall–Kier alpha value is -4.30. The van der Waals surface area contributed by atoms with E-state index >= 15 is 0 Å². The molecule has 1 heterocycles. The number of hydrogen-bond donors (Lipinski definition) is 2. The number of aromatic amines is 1. The molecule has 1 aromatic heterocycles. The quantitative estimate of drug-likeness (QED) is 0.251. The van der Waals surface area contributed by atoms with E-state index in [0.717, 1.165) is 16.7 Å². The van der Waals surface area contributed by atoms with Crippen LogP contribution in [0.4, 0.5) is 0 Å². The average Bonchev–Trinajstić information content (AvgIpc) is 3.39. The van der Waals surface area contributed by atoms with Gasteiger partial charge in [0.15, 0.2) is 11.5 Å². The van der Waals surface area contributed by atoms with Crippen molar-refractivity contribution in [3.05, 3.63) is 94.6 Å². The third-order valence-electron chi connectivity index (χ3n) is 5.11. The van der Waals surface area contributed by atoms with E-state index in [0.29, 0.717) is 34.6 Å². The molecule has 0 aliphatic rings. The molecule has 0 fully saturated rings. The van der Waals surface area contributed by atoms with Crippen LogP contribution < -0.4 is 19.6 Å². The Morgan fingerprint density at radius 3 is 2.54 bits per heavy atom. The molecule has 0 spiro atoms. The molecule has 0 unspecified atom stereocenters. The molecule has 4 aromatic rings. The molecule has 0 saturated carbocycles. The third-order valence-corrected chi connectivity index (χ3v) is 5.48. The second-order valence-electron chi connectivity index (χ2n) is 7.38. The molecule has 3 aromatic carbocycles. The van der Waals surface area contributed by atoms with Gasteiger partial charge in [-0.2, -0.15) is 10.2 Å².